The maximum atomic E-state index is 12.1. The highest BCUT2D eigenvalue weighted by Gasteiger charge is 2.10. The maximum Gasteiger partial charge on any atom is 0.258 e. The number of H-pyrrole nitrogens is 1. The third-order valence-electron chi connectivity index (χ3n) is 3.72. The largest absolute Gasteiger partial charge is 0.496 e. The van der Waals surface area contributed by atoms with Crippen LogP contribution in [0.4, 0.5) is 5.82 Å². The number of anilines is 1. The van der Waals surface area contributed by atoms with Crippen LogP contribution in [0.1, 0.15) is 21.6 Å². The molecule has 2 N–H and O–H groups in total. The Morgan fingerprint density at radius 2 is 2.08 bits per heavy atom. The van der Waals surface area contributed by atoms with E-state index >= 15 is 0 Å². The van der Waals surface area contributed by atoms with Gasteiger partial charge in [0.25, 0.3) is 5.91 Å². The van der Waals surface area contributed by atoms with Crippen LogP contribution in [0.15, 0.2) is 48.7 Å². The first-order valence-corrected chi connectivity index (χ1v) is 8.12. The van der Waals surface area contributed by atoms with Crippen molar-refractivity contribution in [2.75, 3.05) is 12.4 Å². The molecule has 6 nitrogen and oxygen atoms in total. The summed E-state index contributed by atoms with van der Waals surface area (Å²) in [6.07, 6.45) is 2.99. The van der Waals surface area contributed by atoms with Gasteiger partial charge in [0.15, 0.2) is 5.82 Å². The first-order chi connectivity index (χ1) is 12.2. The number of para-hydroxylation sites is 1. The van der Waals surface area contributed by atoms with Crippen LogP contribution in [-0.4, -0.2) is 28.2 Å². The molecule has 0 saturated carbocycles. The Balaban J connectivity index is 1.60. The second-order valence-electron chi connectivity index (χ2n) is 5.41. The summed E-state index contributed by atoms with van der Waals surface area (Å²) in [5, 5.41) is 10.1. The van der Waals surface area contributed by atoms with Crippen LogP contribution in [0.25, 0.3) is 0 Å². The molecule has 0 unspecified atom stereocenters. The molecule has 0 aliphatic rings. The molecule has 0 radical (unpaired) electrons. The number of carbonyl (C=O) groups is 1. The standard InChI is InChI=1S/C18H17ClN4O2/c1-25-15-5-3-2-4-12(15)6-8-14-10-17(23-22-14)21-18(24)13-7-9-16(19)20-11-13/h2-5,7,9-11H,6,8H2,1H3,(H2,21,22,23,24). The number of amides is 1. The summed E-state index contributed by atoms with van der Waals surface area (Å²) in [5.74, 6) is 1.05. The van der Waals surface area contributed by atoms with Crippen LogP contribution in [0.3, 0.4) is 0 Å². The van der Waals surface area contributed by atoms with Gasteiger partial charge in [-0.2, -0.15) is 5.10 Å². The summed E-state index contributed by atoms with van der Waals surface area (Å²) < 4.78 is 5.35. The number of halogens is 1. The number of benzene rings is 1. The smallest absolute Gasteiger partial charge is 0.258 e. The van der Waals surface area contributed by atoms with Crippen molar-refractivity contribution in [3.8, 4) is 5.75 Å². The van der Waals surface area contributed by atoms with Gasteiger partial charge in [0, 0.05) is 18.0 Å². The summed E-state index contributed by atoms with van der Waals surface area (Å²) in [6.45, 7) is 0. The van der Waals surface area contributed by atoms with Gasteiger partial charge in [0.2, 0.25) is 0 Å². The third kappa shape index (κ3) is 4.36. The molecule has 1 amide bonds. The molecular formula is C18H17ClN4O2. The van der Waals surface area contributed by atoms with Gasteiger partial charge in [-0.15, -0.1) is 0 Å². The fourth-order valence-electron chi connectivity index (χ4n) is 2.43. The van der Waals surface area contributed by atoms with Gasteiger partial charge in [0.1, 0.15) is 10.9 Å². The Bertz CT molecular complexity index is 862. The predicted molar refractivity (Wildman–Crippen MR) is 96.2 cm³/mol. The molecule has 3 aromatic rings. The SMILES string of the molecule is COc1ccccc1CCc1cc(NC(=O)c2ccc(Cl)nc2)n[nH]1. The molecule has 7 heteroatoms. The van der Waals surface area contributed by atoms with E-state index in [0.717, 1.165) is 29.8 Å². The van der Waals surface area contributed by atoms with Crippen molar-refractivity contribution in [3.63, 3.8) is 0 Å². The van der Waals surface area contributed by atoms with Crippen molar-refractivity contribution < 1.29 is 9.53 Å². The molecule has 3 rings (SSSR count). The average Bonchev–Trinajstić information content (AvgIpc) is 3.08. The molecule has 2 aromatic heterocycles. The van der Waals surface area contributed by atoms with Crippen molar-refractivity contribution in [2.24, 2.45) is 0 Å². The highest BCUT2D eigenvalue weighted by atomic mass is 35.5. The van der Waals surface area contributed by atoms with Crippen molar-refractivity contribution in [3.05, 3.63) is 70.6 Å². The minimum absolute atomic E-state index is 0.285. The molecule has 1 aromatic carbocycles. The lowest BCUT2D eigenvalue weighted by molar-refractivity contribution is 0.102. The quantitative estimate of drug-likeness (QED) is 0.662. The number of aromatic amines is 1. The van der Waals surface area contributed by atoms with Gasteiger partial charge in [-0.25, -0.2) is 4.98 Å². The van der Waals surface area contributed by atoms with E-state index in [-0.39, 0.29) is 5.91 Å². The fourth-order valence-corrected chi connectivity index (χ4v) is 2.54. The van der Waals surface area contributed by atoms with Crippen molar-refractivity contribution >= 4 is 23.3 Å². The highest BCUT2D eigenvalue weighted by molar-refractivity contribution is 6.29. The third-order valence-corrected chi connectivity index (χ3v) is 3.94. The zero-order valence-corrected chi connectivity index (χ0v) is 14.4. The van der Waals surface area contributed by atoms with E-state index < -0.39 is 0 Å². The van der Waals surface area contributed by atoms with E-state index in [0.29, 0.717) is 16.5 Å². The Hall–Kier alpha value is -2.86. The molecule has 0 aliphatic heterocycles. The lowest BCUT2D eigenvalue weighted by Crippen LogP contribution is -2.12. The van der Waals surface area contributed by atoms with Crippen LogP contribution < -0.4 is 10.1 Å². The van der Waals surface area contributed by atoms with Gasteiger partial charge < -0.3 is 10.1 Å². The van der Waals surface area contributed by atoms with E-state index in [1.54, 1.807) is 19.2 Å². The molecule has 0 bridgehead atoms. The van der Waals surface area contributed by atoms with E-state index in [2.05, 4.69) is 20.5 Å². The summed E-state index contributed by atoms with van der Waals surface area (Å²) in [6, 6.07) is 12.9. The Kier molecular flexibility index (Phi) is 5.30. The summed E-state index contributed by atoms with van der Waals surface area (Å²) >= 11 is 5.72. The summed E-state index contributed by atoms with van der Waals surface area (Å²) in [4.78, 5) is 16.0. The number of hydrogen-bond acceptors (Lipinski definition) is 4. The van der Waals surface area contributed by atoms with Gasteiger partial charge >= 0.3 is 0 Å². The topological polar surface area (TPSA) is 79.9 Å². The molecule has 0 atom stereocenters. The van der Waals surface area contributed by atoms with E-state index in [1.807, 2.05) is 30.3 Å². The first kappa shape index (κ1) is 17.0. The van der Waals surface area contributed by atoms with Crippen LogP contribution >= 0.6 is 11.6 Å². The number of methoxy groups -OCH3 is 1. The minimum Gasteiger partial charge on any atom is -0.496 e. The molecule has 128 valence electrons. The average molecular weight is 357 g/mol. The van der Waals surface area contributed by atoms with Crippen LogP contribution in [0.2, 0.25) is 5.15 Å². The number of rotatable bonds is 6. The number of nitrogens with zero attached hydrogens (tertiary/aromatic N) is 2. The minimum atomic E-state index is -0.285. The zero-order valence-electron chi connectivity index (χ0n) is 13.6. The van der Waals surface area contributed by atoms with Crippen LogP contribution in [-0.2, 0) is 12.8 Å². The Morgan fingerprint density at radius 3 is 2.84 bits per heavy atom. The monoisotopic (exact) mass is 356 g/mol. The number of ether oxygens (including phenoxy) is 1. The van der Waals surface area contributed by atoms with Crippen LogP contribution in [0, 0.1) is 0 Å². The molecular weight excluding hydrogens is 340 g/mol. The van der Waals surface area contributed by atoms with Gasteiger partial charge in [-0.05, 0) is 36.6 Å². The molecule has 0 spiro atoms. The van der Waals surface area contributed by atoms with Crippen molar-refractivity contribution in [1.29, 1.82) is 0 Å². The number of aryl methyl sites for hydroxylation is 2. The molecule has 0 aliphatic carbocycles. The molecule has 0 fully saturated rings. The van der Waals surface area contributed by atoms with Gasteiger partial charge in [-0.1, -0.05) is 29.8 Å². The van der Waals surface area contributed by atoms with E-state index in [9.17, 15) is 4.79 Å². The van der Waals surface area contributed by atoms with Crippen LogP contribution in [0.5, 0.6) is 5.75 Å². The number of hydrogen-bond donors (Lipinski definition) is 2. The zero-order chi connectivity index (χ0) is 17.6. The lowest BCUT2D eigenvalue weighted by atomic mass is 10.1. The number of aromatic nitrogens is 3. The van der Waals surface area contributed by atoms with Gasteiger partial charge in [0.05, 0.1) is 12.7 Å². The Labute approximate surface area is 150 Å². The normalized spacial score (nSPS) is 10.5. The first-order valence-electron chi connectivity index (χ1n) is 7.75. The molecule has 0 saturated heterocycles. The van der Waals surface area contributed by atoms with E-state index in [4.69, 9.17) is 16.3 Å². The molecule has 25 heavy (non-hydrogen) atoms. The second-order valence-corrected chi connectivity index (χ2v) is 5.80. The van der Waals surface area contributed by atoms with E-state index in [1.165, 1.54) is 6.20 Å². The van der Waals surface area contributed by atoms with Crippen molar-refractivity contribution in [2.45, 2.75) is 12.8 Å². The lowest BCUT2D eigenvalue weighted by Gasteiger charge is -2.06. The van der Waals surface area contributed by atoms with Gasteiger partial charge in [-0.3, -0.25) is 9.89 Å². The predicted octanol–water partition coefficient (Wildman–Crippen LogP) is 3.50. The molecule has 2 heterocycles. The second kappa shape index (κ2) is 7.81. The highest BCUT2D eigenvalue weighted by Crippen LogP contribution is 2.19. The van der Waals surface area contributed by atoms with Crippen molar-refractivity contribution in [1.82, 2.24) is 15.2 Å². The summed E-state index contributed by atoms with van der Waals surface area (Å²) in [7, 11) is 1.66. The maximum absolute atomic E-state index is 12.1. The number of nitrogens with one attached hydrogen (secondary N) is 2. The summed E-state index contributed by atoms with van der Waals surface area (Å²) in [5.41, 5.74) is 2.47. The Morgan fingerprint density at radius 1 is 1.24 bits per heavy atom. The number of pyridine rings is 1. The fraction of sp³-hybridized carbons (Fsp3) is 0.167. The number of carbonyl (C=O) groups excluding carboxylic acids is 1.